The molecule has 2 rings (SSSR count). The van der Waals surface area contributed by atoms with Gasteiger partial charge in [-0.1, -0.05) is 13.8 Å². The van der Waals surface area contributed by atoms with Gasteiger partial charge in [0.1, 0.15) is 10.6 Å². The Kier molecular flexibility index (Phi) is 4.77. The average Bonchev–Trinajstić information content (AvgIpc) is 2.78. The van der Waals surface area contributed by atoms with Gasteiger partial charge in [-0.15, -0.1) is 11.3 Å². The Hall–Kier alpha value is -1.40. The number of anilines is 2. The Morgan fingerprint density at radius 1 is 1.35 bits per heavy atom. The van der Waals surface area contributed by atoms with Crippen LogP contribution in [-0.4, -0.2) is 36.8 Å². The van der Waals surface area contributed by atoms with E-state index in [0.717, 1.165) is 16.0 Å². The monoisotopic (exact) mass is 294 g/mol. The number of nitrogens with zero attached hydrogens (tertiary/aromatic N) is 2. The third-order valence-electron chi connectivity index (χ3n) is 3.21. The maximum absolute atomic E-state index is 5.29. The first-order valence-corrected chi connectivity index (χ1v) is 7.58. The summed E-state index contributed by atoms with van der Waals surface area (Å²) in [5, 5.41) is 7.59. The van der Waals surface area contributed by atoms with Gasteiger partial charge in [0.2, 0.25) is 5.95 Å². The molecule has 110 valence electrons. The molecule has 0 fully saturated rings. The van der Waals surface area contributed by atoms with Crippen LogP contribution < -0.4 is 10.6 Å². The van der Waals surface area contributed by atoms with Gasteiger partial charge in [0.25, 0.3) is 0 Å². The van der Waals surface area contributed by atoms with Crippen LogP contribution in [0.5, 0.6) is 0 Å². The summed E-state index contributed by atoms with van der Waals surface area (Å²) in [7, 11) is 3.56. The number of methoxy groups -OCH3 is 1. The molecular weight excluding hydrogens is 272 g/mol. The summed E-state index contributed by atoms with van der Waals surface area (Å²) < 4.78 is 5.29. The van der Waals surface area contributed by atoms with Gasteiger partial charge in [0, 0.05) is 19.0 Å². The molecule has 0 aromatic carbocycles. The van der Waals surface area contributed by atoms with Gasteiger partial charge in [-0.2, -0.15) is 4.98 Å². The summed E-state index contributed by atoms with van der Waals surface area (Å²) in [4.78, 5) is 11.3. The first-order chi connectivity index (χ1) is 9.55. The largest absolute Gasteiger partial charge is 0.383 e. The van der Waals surface area contributed by atoms with Gasteiger partial charge in [0.05, 0.1) is 18.0 Å². The van der Waals surface area contributed by atoms with Crippen LogP contribution in [0.2, 0.25) is 0 Å². The van der Waals surface area contributed by atoms with Crippen molar-refractivity contribution in [2.45, 2.75) is 26.8 Å². The molecule has 0 bridgehead atoms. The summed E-state index contributed by atoms with van der Waals surface area (Å²) in [6.45, 7) is 7.09. The molecule has 0 amide bonds. The summed E-state index contributed by atoms with van der Waals surface area (Å²) in [6, 6.07) is 2.36. The second-order valence-electron chi connectivity index (χ2n) is 5.17. The number of fused-ring (bicyclic) bond motifs is 1. The van der Waals surface area contributed by atoms with E-state index in [1.54, 1.807) is 18.4 Å². The van der Waals surface area contributed by atoms with E-state index in [4.69, 9.17) is 4.74 Å². The van der Waals surface area contributed by atoms with Gasteiger partial charge in [-0.25, -0.2) is 4.98 Å². The van der Waals surface area contributed by atoms with Crippen molar-refractivity contribution in [2.75, 3.05) is 31.4 Å². The number of nitrogens with one attached hydrogen (secondary N) is 2. The number of hydrogen-bond acceptors (Lipinski definition) is 6. The minimum atomic E-state index is 0.225. The lowest BCUT2D eigenvalue weighted by Crippen LogP contribution is -2.31. The zero-order valence-corrected chi connectivity index (χ0v) is 13.5. The predicted molar refractivity (Wildman–Crippen MR) is 85.8 cm³/mol. The molecule has 2 aromatic heterocycles. The van der Waals surface area contributed by atoms with E-state index in [1.165, 1.54) is 4.88 Å². The zero-order valence-electron chi connectivity index (χ0n) is 12.7. The Balaban J connectivity index is 2.40. The molecule has 0 aliphatic heterocycles. The molecule has 2 heterocycles. The number of hydrogen-bond donors (Lipinski definition) is 2. The zero-order chi connectivity index (χ0) is 14.7. The molecule has 0 aliphatic rings. The molecule has 5 nitrogen and oxygen atoms in total. The van der Waals surface area contributed by atoms with E-state index in [1.807, 2.05) is 7.05 Å². The number of aryl methyl sites for hydroxylation is 1. The molecule has 2 aromatic rings. The summed E-state index contributed by atoms with van der Waals surface area (Å²) >= 11 is 1.68. The van der Waals surface area contributed by atoms with Crippen LogP contribution >= 0.6 is 11.3 Å². The number of ether oxygens (including phenoxy) is 1. The lowest BCUT2D eigenvalue weighted by atomic mass is 10.1. The highest BCUT2D eigenvalue weighted by Crippen LogP contribution is 2.30. The van der Waals surface area contributed by atoms with Gasteiger partial charge < -0.3 is 15.4 Å². The van der Waals surface area contributed by atoms with Crippen LogP contribution in [0.15, 0.2) is 6.07 Å². The highest BCUT2D eigenvalue weighted by atomic mass is 32.1. The van der Waals surface area contributed by atoms with Crippen molar-refractivity contribution in [1.29, 1.82) is 0 Å². The molecule has 0 saturated heterocycles. The fourth-order valence-electron chi connectivity index (χ4n) is 2.02. The van der Waals surface area contributed by atoms with Crippen LogP contribution in [0.4, 0.5) is 11.8 Å². The van der Waals surface area contributed by atoms with E-state index >= 15 is 0 Å². The van der Waals surface area contributed by atoms with E-state index < -0.39 is 0 Å². The maximum atomic E-state index is 5.29. The molecule has 0 saturated carbocycles. The molecular formula is C14H22N4OS. The number of aromatic nitrogens is 2. The first-order valence-electron chi connectivity index (χ1n) is 6.76. The average molecular weight is 294 g/mol. The van der Waals surface area contributed by atoms with Crippen molar-refractivity contribution >= 4 is 33.3 Å². The van der Waals surface area contributed by atoms with E-state index in [-0.39, 0.29) is 6.04 Å². The smallest absolute Gasteiger partial charge is 0.225 e. The number of rotatable bonds is 6. The second-order valence-corrected chi connectivity index (χ2v) is 6.41. The van der Waals surface area contributed by atoms with Gasteiger partial charge >= 0.3 is 0 Å². The topological polar surface area (TPSA) is 59.1 Å². The Morgan fingerprint density at radius 3 is 2.70 bits per heavy atom. The van der Waals surface area contributed by atoms with Crippen LogP contribution in [0, 0.1) is 12.8 Å². The highest BCUT2D eigenvalue weighted by Gasteiger charge is 2.17. The van der Waals surface area contributed by atoms with Crippen LogP contribution in [0.3, 0.4) is 0 Å². The van der Waals surface area contributed by atoms with Gasteiger partial charge in [0.15, 0.2) is 0 Å². The van der Waals surface area contributed by atoms with Crippen molar-refractivity contribution in [2.24, 2.45) is 5.92 Å². The fourth-order valence-corrected chi connectivity index (χ4v) is 2.90. The Labute approximate surface area is 123 Å². The van der Waals surface area contributed by atoms with Crippen LogP contribution in [0.1, 0.15) is 18.7 Å². The molecule has 0 radical (unpaired) electrons. The van der Waals surface area contributed by atoms with Gasteiger partial charge in [-0.05, 0) is 18.9 Å². The fraction of sp³-hybridized carbons (Fsp3) is 0.571. The highest BCUT2D eigenvalue weighted by molar-refractivity contribution is 7.18. The van der Waals surface area contributed by atoms with E-state index in [2.05, 4.69) is 47.4 Å². The summed E-state index contributed by atoms with van der Waals surface area (Å²) in [5.41, 5.74) is 0. The van der Waals surface area contributed by atoms with Gasteiger partial charge in [-0.3, -0.25) is 0 Å². The summed E-state index contributed by atoms with van der Waals surface area (Å²) in [5.74, 6) is 1.97. The third-order valence-corrected chi connectivity index (χ3v) is 4.16. The minimum Gasteiger partial charge on any atom is -0.383 e. The van der Waals surface area contributed by atoms with Crippen molar-refractivity contribution in [3.05, 3.63) is 10.9 Å². The predicted octanol–water partition coefficient (Wildman–Crippen LogP) is 3.12. The second kappa shape index (κ2) is 6.37. The van der Waals surface area contributed by atoms with Crippen molar-refractivity contribution < 1.29 is 4.74 Å². The van der Waals surface area contributed by atoms with E-state index in [0.29, 0.717) is 18.5 Å². The molecule has 6 heteroatoms. The standard InChI is InChI=1S/C14H22N4OS/c1-8(2)11(7-19-5)16-12-10-6-9(3)20-13(10)18-14(15-4)17-12/h6,8,11H,7H2,1-5H3,(H2,15,16,17,18). The molecule has 1 atom stereocenters. The first kappa shape index (κ1) is 15.0. The van der Waals surface area contributed by atoms with Crippen molar-refractivity contribution in [1.82, 2.24) is 9.97 Å². The van der Waals surface area contributed by atoms with Crippen LogP contribution in [-0.2, 0) is 4.74 Å². The Bertz CT molecular complexity index is 582. The molecule has 0 spiro atoms. The normalized spacial score (nSPS) is 12.9. The Morgan fingerprint density at radius 2 is 2.10 bits per heavy atom. The lowest BCUT2D eigenvalue weighted by molar-refractivity contribution is 0.171. The lowest BCUT2D eigenvalue weighted by Gasteiger charge is -2.22. The van der Waals surface area contributed by atoms with E-state index in [9.17, 15) is 0 Å². The third kappa shape index (κ3) is 3.19. The molecule has 0 aliphatic carbocycles. The number of thiophene rings is 1. The molecule has 1 unspecified atom stereocenters. The van der Waals surface area contributed by atoms with Crippen LogP contribution in [0.25, 0.3) is 10.2 Å². The quantitative estimate of drug-likeness (QED) is 0.857. The van der Waals surface area contributed by atoms with Crippen molar-refractivity contribution in [3.8, 4) is 0 Å². The molecule has 20 heavy (non-hydrogen) atoms. The van der Waals surface area contributed by atoms with Crippen molar-refractivity contribution in [3.63, 3.8) is 0 Å². The maximum Gasteiger partial charge on any atom is 0.225 e. The minimum absolute atomic E-state index is 0.225. The SMILES string of the molecule is CNc1nc(NC(COC)C(C)C)c2cc(C)sc2n1. The summed E-state index contributed by atoms with van der Waals surface area (Å²) in [6.07, 6.45) is 0. The molecule has 2 N–H and O–H groups in total.